The van der Waals surface area contributed by atoms with E-state index in [1.165, 1.54) is 83.3 Å². The molecular formula is C95H107Cl2FN12O26. The number of benzene rings is 8. The summed E-state index contributed by atoms with van der Waals surface area (Å²) in [4.78, 5) is 138. The Morgan fingerprint density at radius 2 is 1.25 bits per heavy atom. The number of amides is 9. The van der Waals surface area contributed by atoms with Crippen LogP contribution in [0.1, 0.15) is 137 Å². The van der Waals surface area contributed by atoms with Crippen molar-refractivity contribution in [1.29, 1.82) is 0 Å². The molecule has 8 heterocycles. The van der Waals surface area contributed by atoms with E-state index in [0.29, 0.717) is 10.6 Å². The minimum atomic E-state index is -2.40. The molecule has 16 rings (SSSR count). The van der Waals surface area contributed by atoms with E-state index in [1.807, 2.05) is 50.2 Å². The van der Waals surface area contributed by atoms with Crippen molar-refractivity contribution in [2.24, 2.45) is 17.4 Å². The monoisotopic (exact) mass is 1920 g/mol. The average molecular weight is 1920 g/mol. The molecule has 23 N–H and O–H groups in total. The second kappa shape index (κ2) is 42.2. The number of phenols is 3. The summed E-state index contributed by atoms with van der Waals surface area (Å²) in [6, 6.07) is 21.7. The Kier molecular flexibility index (Phi) is 30.9. The number of aliphatic hydroxyl groups is 6. The summed E-state index contributed by atoms with van der Waals surface area (Å²) >= 11 is 13.4. The number of fused-ring (bicyclic) bond motifs is 15. The Hall–Kier alpha value is -12.3. The van der Waals surface area contributed by atoms with Crippen molar-refractivity contribution in [1.82, 2.24) is 53.2 Å². The average Bonchev–Trinajstić information content (AvgIpc) is 0.761. The number of aliphatic hydroxyl groups excluding tert-OH is 6. The van der Waals surface area contributed by atoms with E-state index < -0.39 is 262 Å². The lowest BCUT2D eigenvalue weighted by molar-refractivity contribution is -0.334. The van der Waals surface area contributed by atoms with Crippen LogP contribution < -0.4 is 78.8 Å². The van der Waals surface area contributed by atoms with Crippen LogP contribution in [0.15, 0.2) is 158 Å². The van der Waals surface area contributed by atoms with E-state index in [1.54, 1.807) is 12.1 Å². The van der Waals surface area contributed by atoms with Gasteiger partial charge in [-0.25, -0.2) is 4.39 Å². The summed E-state index contributed by atoms with van der Waals surface area (Å²) < 4.78 is 67.4. The summed E-state index contributed by atoms with van der Waals surface area (Å²) in [5.74, 6) is -16.1. The molecule has 22 atom stereocenters. The van der Waals surface area contributed by atoms with Crippen LogP contribution in [0, 0.1) is 11.7 Å². The van der Waals surface area contributed by atoms with Crippen molar-refractivity contribution in [2.45, 2.75) is 214 Å². The predicted octanol–water partition coefficient (Wildman–Crippen LogP) is 4.33. The van der Waals surface area contributed by atoms with Gasteiger partial charge in [-0.15, -0.1) is 0 Å². The van der Waals surface area contributed by atoms with Crippen LogP contribution in [0.25, 0.3) is 22.3 Å². The van der Waals surface area contributed by atoms with Crippen LogP contribution in [0.2, 0.25) is 10.0 Å². The van der Waals surface area contributed by atoms with Crippen LogP contribution in [0.3, 0.4) is 0 Å². The molecule has 8 aromatic rings. The molecule has 3 fully saturated rings. The fourth-order valence-corrected chi connectivity index (χ4v) is 17.7. The van der Waals surface area contributed by atoms with Crippen molar-refractivity contribution < 1.29 is 131 Å². The number of nitrogens with two attached hydrogens (primary N) is 2. The van der Waals surface area contributed by atoms with Crippen molar-refractivity contribution >= 4 is 76.4 Å². The van der Waals surface area contributed by atoms with E-state index in [4.69, 9.17) is 72.6 Å². The summed E-state index contributed by atoms with van der Waals surface area (Å²) in [5.41, 5.74) is 10.2. The second-order valence-electron chi connectivity index (χ2n) is 35.4. The molecule has 8 aliphatic heterocycles. The smallest absolute Gasteiger partial charge is 0.248 e. The summed E-state index contributed by atoms with van der Waals surface area (Å²) in [6.07, 6.45) is -23.8. The molecule has 8 aromatic carbocycles. The fraction of sp³-hybridized carbons (Fsp3) is 0.400. The quantitative estimate of drug-likeness (QED) is 0.0424. The maximum absolute atomic E-state index is 16.7. The Morgan fingerprint density at radius 3 is 1.90 bits per heavy atom. The maximum atomic E-state index is 16.7. The first-order valence-electron chi connectivity index (χ1n) is 43.9. The van der Waals surface area contributed by atoms with E-state index in [0.717, 1.165) is 77.4 Å². The number of hydrogen-bond donors (Lipinski definition) is 21. The third kappa shape index (κ3) is 22.7. The molecule has 0 aromatic heterocycles. The number of hydrogen-bond acceptors (Lipinski definition) is 29. The molecule has 41 heteroatoms. The topological polar surface area (TPSA) is 582 Å². The van der Waals surface area contributed by atoms with Gasteiger partial charge < -0.3 is 148 Å². The van der Waals surface area contributed by atoms with Gasteiger partial charge >= 0.3 is 0 Å². The van der Waals surface area contributed by atoms with Gasteiger partial charge in [0.15, 0.2) is 30.2 Å². The number of phenolic OH excluding ortho intramolecular Hbond substituents is 3. The molecule has 8 aliphatic rings. The molecule has 724 valence electrons. The summed E-state index contributed by atoms with van der Waals surface area (Å²) in [6.45, 7) is 8.24. The molecule has 38 nitrogen and oxygen atoms in total. The zero-order valence-corrected chi connectivity index (χ0v) is 76.1. The van der Waals surface area contributed by atoms with Crippen LogP contribution in [0.5, 0.6) is 46.0 Å². The first-order chi connectivity index (χ1) is 64.6. The molecule has 9 amide bonds. The van der Waals surface area contributed by atoms with Gasteiger partial charge in [0.05, 0.1) is 54.5 Å². The zero-order chi connectivity index (χ0) is 97.8. The van der Waals surface area contributed by atoms with Crippen LogP contribution in [-0.2, 0) is 79.9 Å². The third-order valence-corrected chi connectivity index (χ3v) is 25.1. The molecule has 0 unspecified atom stereocenters. The van der Waals surface area contributed by atoms with Gasteiger partial charge in [-0.05, 0) is 176 Å². The van der Waals surface area contributed by atoms with Crippen LogP contribution in [-0.4, -0.2) is 222 Å². The zero-order valence-electron chi connectivity index (χ0n) is 74.5. The van der Waals surface area contributed by atoms with Crippen molar-refractivity contribution in [3.05, 3.63) is 213 Å². The number of carbonyl (C=O) groups is 9. The number of nitrogens with one attached hydrogen (secondary N) is 10. The number of ether oxygens (including phenoxy) is 8. The predicted molar refractivity (Wildman–Crippen MR) is 484 cm³/mol. The number of carbonyl (C=O) groups excluding carboxylic acids is 9. The van der Waals surface area contributed by atoms with Gasteiger partial charge in [0.25, 0.3) is 0 Å². The summed E-state index contributed by atoms with van der Waals surface area (Å²) in [5, 5.41) is 134. The Bertz CT molecular complexity index is 5780. The number of rotatable bonds is 23. The molecule has 0 radical (unpaired) electrons. The number of halogens is 3. The van der Waals surface area contributed by atoms with Crippen LogP contribution >= 0.6 is 23.2 Å². The minimum absolute atomic E-state index is 0.0491. The van der Waals surface area contributed by atoms with Gasteiger partial charge in [0.2, 0.25) is 65.2 Å². The lowest BCUT2D eigenvalue weighted by Gasteiger charge is -2.48. The Balaban J connectivity index is 0.934. The lowest BCUT2D eigenvalue weighted by atomic mass is 9.85. The first kappa shape index (κ1) is 99.7. The van der Waals surface area contributed by atoms with Gasteiger partial charge in [-0.1, -0.05) is 110 Å². The second-order valence-corrected chi connectivity index (χ2v) is 36.2. The van der Waals surface area contributed by atoms with Crippen LogP contribution in [0.4, 0.5) is 4.39 Å². The SMILES string of the molecule is CN[C@H](CC(C)C)C(=O)N[C@H]1C(=O)N[C@@H](CC(N)=O)C(=O)N[C@H]2C(=O)N[C@H]3C(=O)N[C@H](C(=O)N[C@H](C(=O)NCc4ccc(F)cc4)c4cc(O)cc(O)c4-c4cc3ccc4O)[C@H](O[C@H]3C[C@](C)(N)[C@@H](O)[C@H](C)O3)c3ccc(cc3)Oc3cc2cc(c3O[C@@H]2O[C@H](CO)[C@@H](O)[C@H](O)[C@H]2O[C@H]2C[C@](C)(NC(=O)CNCc3ccc(-c4ccc(Cl)cc4)cc3)[C@@H](O)[C@H](C)O2)Oc2ccc(cc2Cl)[C@H]1O. The fourth-order valence-electron chi connectivity index (χ4n) is 17.4. The number of likely N-dealkylation sites (N-methyl/N-ethyl adjacent to an activating group) is 1. The maximum Gasteiger partial charge on any atom is 0.248 e. The third-order valence-electron chi connectivity index (χ3n) is 24.6. The van der Waals surface area contributed by atoms with E-state index in [2.05, 4.69) is 53.2 Å². The largest absolute Gasteiger partial charge is 0.508 e. The highest BCUT2D eigenvalue weighted by molar-refractivity contribution is 6.32. The molecular weight excluding hydrogens is 1820 g/mol. The molecule has 0 aliphatic carbocycles. The van der Waals surface area contributed by atoms with Gasteiger partial charge in [0, 0.05) is 53.7 Å². The highest BCUT2D eigenvalue weighted by Crippen LogP contribution is 2.50. The molecule has 11 bridgehead atoms. The first-order valence-corrected chi connectivity index (χ1v) is 44.6. The summed E-state index contributed by atoms with van der Waals surface area (Å²) in [7, 11) is 1.47. The molecule has 0 saturated carbocycles. The highest BCUT2D eigenvalue weighted by Gasteiger charge is 2.54. The number of aromatic hydroxyl groups is 3. The van der Waals surface area contributed by atoms with Crippen molar-refractivity contribution in [3.63, 3.8) is 0 Å². The minimum Gasteiger partial charge on any atom is -0.508 e. The molecule has 0 spiro atoms. The Labute approximate surface area is 788 Å². The van der Waals surface area contributed by atoms with Crippen molar-refractivity contribution in [3.8, 4) is 68.2 Å². The molecule has 136 heavy (non-hydrogen) atoms. The van der Waals surface area contributed by atoms with Gasteiger partial charge in [-0.3, -0.25) is 43.2 Å². The van der Waals surface area contributed by atoms with E-state index in [-0.39, 0.29) is 78.0 Å². The number of primary amides is 1. The van der Waals surface area contributed by atoms with Gasteiger partial charge in [0.1, 0.15) is 107 Å². The standard InChI is InChI=1S/C95H107Cl2FN12O26/c1-42(2)28-60(101-7)86(122)108-76-78(117)51-19-27-64(59(97)30-51)132-66-32-52-31-65(82(66)136-93-83(80(119)79(118)67(41-111)133-93)135-71-37-95(6,85(121)44(4)130-71)110-69(116)40-102-38-45-8-12-47(13-9-45)48-14-20-53(96)21-15-48)131-56-24-16-49(17-25-56)81(134-70-36-94(5,100)84(120)43(3)129-70)77-92(128)107-75(88(124)103-39-46-10-22-54(98)23-11-46)58-33-55(112)34-63(114)72(58)57-29-50(18-26-62(57)113)73(89(125)109-77)106-90(126)74(52)105-87(123)61(35-68(99)115)104-91(76)127/h8-27,29-34,42-44,60-61,67,70-71,73-81,83-85,93,101-102,111-114,117-121H,28,35-41,100H2,1-7H3,(H2,99,115)(H,103,124)(H,104,127)(H,105,123)(H,106,126)(H,107,128)(H,108,122)(H,109,125)(H,110,116)/t43-,44-,60+,61-,67+,70-,71-,73+,74+,75-,76+,77-,78+,79+,80-,81+,83+,84-,85-,93-,94-,95-/m0/s1. The van der Waals surface area contributed by atoms with E-state index >= 15 is 28.8 Å². The lowest BCUT2D eigenvalue weighted by Crippen LogP contribution is -2.66. The highest BCUT2D eigenvalue weighted by atomic mass is 35.5. The van der Waals surface area contributed by atoms with E-state index in [9.17, 15) is 64.7 Å². The van der Waals surface area contributed by atoms with Crippen molar-refractivity contribution in [2.75, 3.05) is 20.2 Å². The Morgan fingerprint density at radius 1 is 0.632 bits per heavy atom. The van der Waals surface area contributed by atoms with Gasteiger partial charge in [-0.2, -0.15) is 0 Å². The normalized spacial score (nSPS) is 28.2. The molecule has 3 saturated heterocycles.